The average Bonchev–Trinajstić information content (AvgIpc) is 3.24. The van der Waals surface area contributed by atoms with Crippen molar-refractivity contribution in [3.63, 3.8) is 0 Å². The molecule has 1 aliphatic rings. The molecule has 2 N–H and O–H groups in total. The van der Waals surface area contributed by atoms with E-state index in [-0.39, 0.29) is 11.8 Å². The fourth-order valence-corrected chi connectivity index (χ4v) is 3.29. The van der Waals surface area contributed by atoms with Gasteiger partial charge in [-0.3, -0.25) is 19.8 Å². The van der Waals surface area contributed by atoms with Crippen molar-refractivity contribution >= 4 is 17.8 Å². The summed E-state index contributed by atoms with van der Waals surface area (Å²) >= 11 is 0. The Morgan fingerprint density at radius 1 is 1.04 bits per heavy atom. The average molecular weight is 384 g/mol. The lowest BCUT2D eigenvalue weighted by Crippen LogP contribution is -2.53. The third kappa shape index (κ3) is 4.58. The highest BCUT2D eigenvalue weighted by Crippen LogP contribution is 2.23. The van der Waals surface area contributed by atoms with Gasteiger partial charge in [0.25, 0.3) is 5.91 Å². The largest absolute Gasteiger partial charge is 0.459 e. The molecule has 4 amide bonds. The Hall–Kier alpha value is -3.13. The topological polar surface area (TPSA) is 94.9 Å². The molecule has 2 aromatic rings. The van der Waals surface area contributed by atoms with Gasteiger partial charge in [-0.2, -0.15) is 0 Å². The first-order chi connectivity index (χ1) is 13.6. The van der Waals surface area contributed by atoms with Crippen molar-refractivity contribution in [3.05, 3.63) is 60.1 Å². The molecule has 1 saturated heterocycles. The van der Waals surface area contributed by atoms with Crippen LogP contribution in [0, 0.1) is 0 Å². The van der Waals surface area contributed by atoms with Gasteiger partial charge in [0.2, 0.25) is 5.91 Å². The molecule has 0 spiro atoms. The van der Waals surface area contributed by atoms with E-state index >= 15 is 0 Å². The second-order valence-electron chi connectivity index (χ2n) is 6.47. The van der Waals surface area contributed by atoms with Crippen LogP contribution in [0.4, 0.5) is 4.79 Å². The number of nitrogens with zero attached hydrogens (tertiary/aromatic N) is 2. The minimum absolute atomic E-state index is 0.160. The number of amides is 4. The van der Waals surface area contributed by atoms with Crippen LogP contribution in [-0.4, -0.2) is 60.4 Å². The van der Waals surface area contributed by atoms with Gasteiger partial charge in [-0.1, -0.05) is 30.3 Å². The van der Waals surface area contributed by atoms with Crippen molar-refractivity contribution in [1.82, 2.24) is 20.4 Å². The fraction of sp³-hybridized carbons (Fsp3) is 0.350. The SMILES string of the molecule is CCNC(=O)NC(=O)[C@@H](c1ccccc1)N1CCN(C(=O)c2ccco2)CC1. The molecule has 28 heavy (non-hydrogen) atoms. The minimum Gasteiger partial charge on any atom is -0.459 e. The van der Waals surface area contributed by atoms with Crippen LogP contribution in [0.5, 0.6) is 0 Å². The fourth-order valence-electron chi connectivity index (χ4n) is 3.29. The molecular formula is C20H24N4O4. The molecule has 1 fully saturated rings. The molecule has 0 bridgehead atoms. The Morgan fingerprint density at radius 3 is 2.36 bits per heavy atom. The van der Waals surface area contributed by atoms with E-state index < -0.39 is 12.1 Å². The molecule has 0 aliphatic carbocycles. The van der Waals surface area contributed by atoms with Crippen LogP contribution in [-0.2, 0) is 4.79 Å². The van der Waals surface area contributed by atoms with Crippen molar-refractivity contribution in [3.8, 4) is 0 Å². The number of nitrogens with one attached hydrogen (secondary N) is 2. The molecule has 148 valence electrons. The second kappa shape index (κ2) is 9.18. The molecule has 8 heteroatoms. The van der Waals surface area contributed by atoms with E-state index in [1.165, 1.54) is 6.26 Å². The molecule has 0 radical (unpaired) electrons. The number of carbonyl (C=O) groups excluding carboxylic acids is 3. The summed E-state index contributed by atoms with van der Waals surface area (Å²) in [6, 6.07) is 11.5. The predicted octanol–water partition coefficient (Wildman–Crippen LogP) is 1.62. The predicted molar refractivity (Wildman–Crippen MR) is 103 cm³/mol. The van der Waals surface area contributed by atoms with Gasteiger partial charge in [0.1, 0.15) is 6.04 Å². The molecule has 0 unspecified atom stereocenters. The van der Waals surface area contributed by atoms with Gasteiger partial charge in [-0.05, 0) is 24.6 Å². The molecule has 1 atom stereocenters. The zero-order valence-electron chi connectivity index (χ0n) is 15.8. The summed E-state index contributed by atoms with van der Waals surface area (Å²) in [6.45, 7) is 4.18. The van der Waals surface area contributed by atoms with E-state index in [1.807, 2.05) is 35.2 Å². The summed E-state index contributed by atoms with van der Waals surface area (Å²) in [5, 5.41) is 4.98. The zero-order chi connectivity index (χ0) is 19.9. The highest BCUT2D eigenvalue weighted by atomic mass is 16.3. The van der Waals surface area contributed by atoms with Gasteiger partial charge >= 0.3 is 6.03 Å². The molecule has 1 aromatic carbocycles. The molecule has 2 heterocycles. The Morgan fingerprint density at radius 2 is 1.75 bits per heavy atom. The lowest BCUT2D eigenvalue weighted by atomic mass is 10.0. The summed E-state index contributed by atoms with van der Waals surface area (Å²) in [5.41, 5.74) is 0.801. The second-order valence-corrected chi connectivity index (χ2v) is 6.47. The van der Waals surface area contributed by atoms with E-state index in [4.69, 9.17) is 4.42 Å². The molecule has 1 aliphatic heterocycles. The van der Waals surface area contributed by atoms with Crippen LogP contribution in [0.15, 0.2) is 53.1 Å². The third-order valence-corrected chi connectivity index (χ3v) is 4.64. The Bertz CT molecular complexity index is 799. The number of piperazine rings is 1. The van der Waals surface area contributed by atoms with Crippen LogP contribution < -0.4 is 10.6 Å². The summed E-state index contributed by atoms with van der Waals surface area (Å²) in [6.07, 6.45) is 1.47. The number of furan rings is 1. The van der Waals surface area contributed by atoms with Crippen molar-refractivity contribution in [2.45, 2.75) is 13.0 Å². The maximum Gasteiger partial charge on any atom is 0.321 e. The van der Waals surface area contributed by atoms with E-state index in [2.05, 4.69) is 10.6 Å². The van der Waals surface area contributed by atoms with Crippen LogP contribution in [0.1, 0.15) is 29.1 Å². The number of benzene rings is 1. The summed E-state index contributed by atoms with van der Waals surface area (Å²) in [4.78, 5) is 40.8. The Kier molecular flexibility index (Phi) is 6.44. The molecule has 3 rings (SSSR count). The Labute approximate surface area is 163 Å². The van der Waals surface area contributed by atoms with Crippen LogP contribution in [0.25, 0.3) is 0 Å². The quantitative estimate of drug-likeness (QED) is 0.817. The third-order valence-electron chi connectivity index (χ3n) is 4.64. The summed E-state index contributed by atoms with van der Waals surface area (Å²) in [7, 11) is 0. The smallest absolute Gasteiger partial charge is 0.321 e. The number of rotatable bonds is 5. The van der Waals surface area contributed by atoms with Gasteiger partial charge in [-0.15, -0.1) is 0 Å². The standard InChI is InChI=1S/C20H24N4O4/c1-2-21-20(27)22-18(25)17(15-7-4-3-5-8-15)23-10-12-24(13-11-23)19(26)16-9-6-14-28-16/h3-9,14,17H,2,10-13H2,1H3,(H2,21,22,25,27)/t17-/m1/s1. The number of hydrogen-bond donors (Lipinski definition) is 2. The lowest BCUT2D eigenvalue weighted by Gasteiger charge is -2.38. The summed E-state index contributed by atoms with van der Waals surface area (Å²) in [5.74, 6) is -0.238. The number of urea groups is 1. The maximum atomic E-state index is 12.8. The van der Waals surface area contributed by atoms with Crippen molar-refractivity contribution < 1.29 is 18.8 Å². The van der Waals surface area contributed by atoms with Gasteiger partial charge in [0.05, 0.1) is 6.26 Å². The van der Waals surface area contributed by atoms with Crippen LogP contribution >= 0.6 is 0 Å². The monoisotopic (exact) mass is 384 g/mol. The van der Waals surface area contributed by atoms with Crippen LogP contribution in [0.2, 0.25) is 0 Å². The van der Waals surface area contributed by atoms with Gasteiger partial charge in [0, 0.05) is 32.7 Å². The highest BCUT2D eigenvalue weighted by molar-refractivity contribution is 5.97. The molecular weight excluding hydrogens is 360 g/mol. The van der Waals surface area contributed by atoms with Crippen molar-refractivity contribution in [2.24, 2.45) is 0 Å². The number of imide groups is 1. The van der Waals surface area contributed by atoms with E-state index in [1.54, 1.807) is 24.0 Å². The molecule has 1 aromatic heterocycles. The highest BCUT2D eigenvalue weighted by Gasteiger charge is 2.33. The normalized spacial score (nSPS) is 15.7. The number of carbonyl (C=O) groups is 3. The van der Waals surface area contributed by atoms with Crippen molar-refractivity contribution in [2.75, 3.05) is 32.7 Å². The Balaban J connectivity index is 1.70. The summed E-state index contributed by atoms with van der Waals surface area (Å²) < 4.78 is 5.18. The van der Waals surface area contributed by atoms with Gasteiger partial charge in [0.15, 0.2) is 5.76 Å². The van der Waals surface area contributed by atoms with Crippen molar-refractivity contribution in [1.29, 1.82) is 0 Å². The zero-order valence-corrected chi connectivity index (χ0v) is 15.8. The maximum absolute atomic E-state index is 12.8. The van der Waals surface area contributed by atoms with Gasteiger partial charge in [-0.25, -0.2) is 4.79 Å². The van der Waals surface area contributed by atoms with E-state index in [0.717, 1.165) is 5.56 Å². The lowest BCUT2D eigenvalue weighted by molar-refractivity contribution is -0.126. The first-order valence-electron chi connectivity index (χ1n) is 9.30. The first kappa shape index (κ1) is 19.6. The molecule has 0 saturated carbocycles. The first-order valence-corrected chi connectivity index (χ1v) is 9.30. The van der Waals surface area contributed by atoms with Gasteiger partial charge < -0.3 is 14.6 Å². The minimum atomic E-state index is -0.607. The van der Waals surface area contributed by atoms with Crippen LogP contribution in [0.3, 0.4) is 0 Å². The van der Waals surface area contributed by atoms with E-state index in [9.17, 15) is 14.4 Å². The molecule has 8 nitrogen and oxygen atoms in total. The number of hydrogen-bond acceptors (Lipinski definition) is 5. The van der Waals surface area contributed by atoms with E-state index in [0.29, 0.717) is 38.5 Å².